The van der Waals surface area contributed by atoms with Crippen LogP contribution in [0.3, 0.4) is 0 Å². The average Bonchev–Trinajstić information content (AvgIpc) is 2.75. The Morgan fingerprint density at radius 3 is 3.00 bits per heavy atom. The van der Waals surface area contributed by atoms with Crippen LogP contribution < -0.4 is 0 Å². The number of alkyl halides is 2. The van der Waals surface area contributed by atoms with E-state index in [-0.39, 0.29) is 13.0 Å². The van der Waals surface area contributed by atoms with Crippen molar-refractivity contribution in [3.8, 4) is 0 Å². The van der Waals surface area contributed by atoms with Crippen LogP contribution in [-0.2, 0) is 11.2 Å². The number of halogens is 2. The predicted octanol–water partition coefficient (Wildman–Crippen LogP) is 2.31. The van der Waals surface area contributed by atoms with Crippen molar-refractivity contribution in [1.29, 1.82) is 0 Å². The van der Waals surface area contributed by atoms with Gasteiger partial charge >= 0.3 is 5.97 Å². The van der Waals surface area contributed by atoms with E-state index in [0.29, 0.717) is 17.7 Å². The summed E-state index contributed by atoms with van der Waals surface area (Å²) in [5, 5.41) is 9.22. The number of rotatable bonds is 4. The van der Waals surface area contributed by atoms with E-state index >= 15 is 0 Å². The largest absolute Gasteiger partial charge is 0.480 e. The Kier molecular flexibility index (Phi) is 3.38. The molecule has 0 aromatic carbocycles. The maximum absolute atomic E-state index is 13.4. The van der Waals surface area contributed by atoms with E-state index in [1.165, 1.54) is 18.1 Å². The minimum absolute atomic E-state index is 0.271. The van der Waals surface area contributed by atoms with Crippen LogP contribution in [0.4, 0.5) is 8.78 Å². The van der Waals surface area contributed by atoms with Crippen LogP contribution in [0.15, 0.2) is 16.7 Å². The third kappa shape index (κ3) is 2.38. The number of aliphatic carboxylic acids is 1. The van der Waals surface area contributed by atoms with Crippen molar-refractivity contribution >= 4 is 5.97 Å². The molecule has 0 fully saturated rings. The van der Waals surface area contributed by atoms with Crippen molar-refractivity contribution in [2.45, 2.75) is 31.7 Å². The number of carboxylic acids is 1. The Morgan fingerprint density at radius 2 is 2.39 bits per heavy atom. The van der Waals surface area contributed by atoms with Crippen LogP contribution in [-0.4, -0.2) is 35.0 Å². The van der Waals surface area contributed by atoms with Gasteiger partial charge in [0, 0.05) is 24.9 Å². The van der Waals surface area contributed by atoms with Crippen LogP contribution in [0.1, 0.15) is 30.7 Å². The maximum Gasteiger partial charge on any atom is 0.325 e. The smallest absolute Gasteiger partial charge is 0.325 e. The molecule has 0 aliphatic carbocycles. The molecule has 1 aromatic heterocycles. The van der Waals surface area contributed by atoms with Crippen molar-refractivity contribution < 1.29 is 23.1 Å². The summed E-state index contributed by atoms with van der Waals surface area (Å²) in [5.74, 6) is -3.41. The first-order chi connectivity index (χ1) is 8.44. The zero-order valence-electron chi connectivity index (χ0n) is 10.0. The highest BCUT2D eigenvalue weighted by Gasteiger charge is 2.39. The van der Waals surface area contributed by atoms with Crippen LogP contribution in [0.2, 0.25) is 0 Å². The SMILES string of the molecule is CCC(F)(F)CN1CCc2occc2C1C(=O)O. The highest BCUT2D eigenvalue weighted by atomic mass is 19.3. The fourth-order valence-electron chi connectivity index (χ4n) is 2.24. The van der Waals surface area contributed by atoms with Crippen LogP contribution in [0, 0.1) is 0 Å². The van der Waals surface area contributed by atoms with Gasteiger partial charge in [0.2, 0.25) is 0 Å². The lowest BCUT2D eigenvalue weighted by atomic mass is 9.98. The van der Waals surface area contributed by atoms with Crippen molar-refractivity contribution in [1.82, 2.24) is 4.90 Å². The molecule has 1 aliphatic rings. The van der Waals surface area contributed by atoms with Crippen molar-refractivity contribution in [3.05, 3.63) is 23.7 Å². The molecule has 1 aliphatic heterocycles. The average molecular weight is 259 g/mol. The molecule has 100 valence electrons. The fraction of sp³-hybridized carbons (Fsp3) is 0.583. The first kappa shape index (κ1) is 13.0. The molecule has 0 bridgehead atoms. The van der Waals surface area contributed by atoms with Gasteiger partial charge in [-0.1, -0.05) is 6.92 Å². The number of nitrogens with zero attached hydrogens (tertiary/aromatic N) is 1. The summed E-state index contributed by atoms with van der Waals surface area (Å²) in [5.41, 5.74) is 0.487. The van der Waals surface area contributed by atoms with E-state index in [2.05, 4.69) is 0 Å². The molecule has 0 saturated heterocycles. The van der Waals surface area contributed by atoms with Crippen LogP contribution in [0.5, 0.6) is 0 Å². The summed E-state index contributed by atoms with van der Waals surface area (Å²) in [4.78, 5) is 12.6. The molecule has 6 heteroatoms. The number of fused-ring (bicyclic) bond motifs is 1. The second kappa shape index (κ2) is 4.68. The van der Waals surface area contributed by atoms with Crippen molar-refractivity contribution in [2.75, 3.05) is 13.1 Å². The standard InChI is InChI=1S/C12H15F2NO3/c1-2-12(13,14)7-15-5-3-9-8(4-6-18-9)10(15)11(16)17/h4,6,10H,2-3,5,7H2,1H3,(H,16,17). The number of furan rings is 1. The number of hydrogen-bond donors (Lipinski definition) is 1. The van der Waals surface area contributed by atoms with Gasteiger partial charge in [-0.3, -0.25) is 9.69 Å². The molecule has 2 heterocycles. The van der Waals surface area contributed by atoms with E-state index in [4.69, 9.17) is 4.42 Å². The van der Waals surface area contributed by atoms with E-state index in [1.54, 1.807) is 6.07 Å². The first-order valence-electron chi connectivity index (χ1n) is 5.85. The molecule has 18 heavy (non-hydrogen) atoms. The third-order valence-electron chi connectivity index (χ3n) is 3.25. The third-order valence-corrected chi connectivity index (χ3v) is 3.25. The first-order valence-corrected chi connectivity index (χ1v) is 5.85. The predicted molar refractivity (Wildman–Crippen MR) is 59.6 cm³/mol. The molecular weight excluding hydrogens is 244 g/mol. The van der Waals surface area contributed by atoms with Gasteiger partial charge in [0.15, 0.2) is 0 Å². The van der Waals surface area contributed by atoms with E-state index < -0.39 is 24.5 Å². The molecule has 1 unspecified atom stereocenters. The van der Waals surface area contributed by atoms with Gasteiger partial charge in [-0.15, -0.1) is 0 Å². The Bertz CT molecular complexity index is 444. The summed E-state index contributed by atoms with van der Waals surface area (Å²) in [6.07, 6.45) is 1.57. The summed E-state index contributed by atoms with van der Waals surface area (Å²) in [6, 6.07) is 0.509. The van der Waals surface area contributed by atoms with Gasteiger partial charge in [0.05, 0.1) is 12.8 Å². The fourth-order valence-corrected chi connectivity index (χ4v) is 2.24. The maximum atomic E-state index is 13.4. The van der Waals surface area contributed by atoms with E-state index in [1.807, 2.05) is 0 Å². The Labute approximate surface area is 103 Å². The summed E-state index contributed by atoms with van der Waals surface area (Å²) in [7, 11) is 0. The summed E-state index contributed by atoms with van der Waals surface area (Å²) >= 11 is 0. The molecule has 0 radical (unpaired) electrons. The molecule has 2 rings (SSSR count). The Balaban J connectivity index is 2.25. The molecule has 0 amide bonds. The zero-order valence-corrected chi connectivity index (χ0v) is 10.0. The van der Waals surface area contributed by atoms with Gasteiger partial charge < -0.3 is 9.52 Å². The number of carboxylic acid groups (broad SMARTS) is 1. The molecular formula is C12H15F2NO3. The van der Waals surface area contributed by atoms with Gasteiger partial charge in [-0.25, -0.2) is 8.78 Å². The minimum atomic E-state index is -2.87. The van der Waals surface area contributed by atoms with Crippen molar-refractivity contribution in [3.63, 3.8) is 0 Å². The summed E-state index contributed by atoms with van der Waals surface area (Å²) < 4.78 is 32.0. The van der Waals surface area contributed by atoms with Crippen LogP contribution in [0.25, 0.3) is 0 Å². The van der Waals surface area contributed by atoms with E-state index in [9.17, 15) is 18.7 Å². The molecule has 4 nitrogen and oxygen atoms in total. The molecule has 0 spiro atoms. The second-order valence-electron chi connectivity index (χ2n) is 4.47. The molecule has 1 aromatic rings. The van der Waals surface area contributed by atoms with Gasteiger partial charge in [0.25, 0.3) is 5.92 Å². The second-order valence-corrected chi connectivity index (χ2v) is 4.47. The lowest BCUT2D eigenvalue weighted by Crippen LogP contribution is -2.45. The number of carbonyl (C=O) groups is 1. The highest BCUT2D eigenvalue weighted by Crippen LogP contribution is 2.33. The van der Waals surface area contributed by atoms with Gasteiger partial charge in [-0.2, -0.15) is 0 Å². The zero-order chi connectivity index (χ0) is 13.3. The van der Waals surface area contributed by atoms with Gasteiger partial charge in [0.1, 0.15) is 11.8 Å². The van der Waals surface area contributed by atoms with E-state index in [0.717, 1.165) is 0 Å². The highest BCUT2D eigenvalue weighted by molar-refractivity contribution is 5.76. The normalized spacial score (nSPS) is 20.7. The summed E-state index contributed by atoms with van der Waals surface area (Å²) in [6.45, 7) is 1.13. The lowest BCUT2D eigenvalue weighted by molar-refractivity contribution is -0.146. The van der Waals surface area contributed by atoms with Crippen LogP contribution >= 0.6 is 0 Å². The molecule has 0 saturated carbocycles. The van der Waals surface area contributed by atoms with Crippen molar-refractivity contribution in [2.24, 2.45) is 0 Å². The lowest BCUT2D eigenvalue weighted by Gasteiger charge is -2.34. The number of hydrogen-bond acceptors (Lipinski definition) is 3. The Hall–Kier alpha value is -1.43. The molecule has 1 atom stereocenters. The van der Waals surface area contributed by atoms with Gasteiger partial charge in [-0.05, 0) is 6.07 Å². The quantitative estimate of drug-likeness (QED) is 0.901. The molecule has 1 N–H and O–H groups in total. The Morgan fingerprint density at radius 1 is 1.67 bits per heavy atom. The monoisotopic (exact) mass is 259 g/mol. The minimum Gasteiger partial charge on any atom is -0.480 e. The topological polar surface area (TPSA) is 53.7 Å².